The van der Waals surface area contributed by atoms with Gasteiger partial charge < -0.3 is 10.0 Å². The number of phenols is 1. The van der Waals surface area contributed by atoms with Crippen LogP contribution in [0, 0.1) is 17.6 Å². The van der Waals surface area contributed by atoms with Crippen LogP contribution in [0.25, 0.3) is 0 Å². The number of aromatic hydroxyl groups is 1. The van der Waals surface area contributed by atoms with Gasteiger partial charge in [0.15, 0.2) is 0 Å². The first-order chi connectivity index (χ1) is 14.8. The minimum absolute atomic E-state index is 0.00603. The van der Waals surface area contributed by atoms with E-state index in [0.717, 1.165) is 17.5 Å². The Morgan fingerprint density at radius 1 is 0.935 bits per heavy atom. The van der Waals surface area contributed by atoms with Crippen LogP contribution in [0.5, 0.6) is 5.75 Å². The monoisotopic (exact) mass is 421 g/mol. The van der Waals surface area contributed by atoms with Crippen molar-refractivity contribution in [3.63, 3.8) is 0 Å². The molecule has 2 unspecified atom stereocenters. The van der Waals surface area contributed by atoms with Gasteiger partial charge in [-0.25, -0.2) is 8.78 Å². The number of phenolic OH excluding ortho intramolecular Hbond substituents is 1. The number of carbonyl (C=O) groups is 1. The zero-order valence-electron chi connectivity index (χ0n) is 17.6. The zero-order chi connectivity index (χ0) is 22.2. The molecule has 31 heavy (non-hydrogen) atoms. The quantitative estimate of drug-likeness (QED) is 0.486. The molecular formula is C26H25F2NO2. The summed E-state index contributed by atoms with van der Waals surface area (Å²) in [6.07, 6.45) is 1.43. The van der Waals surface area contributed by atoms with Gasteiger partial charge in [0, 0.05) is 5.69 Å². The Kier molecular flexibility index (Phi) is 5.52. The Morgan fingerprint density at radius 2 is 1.48 bits per heavy atom. The molecule has 1 aliphatic rings. The summed E-state index contributed by atoms with van der Waals surface area (Å²) in [5, 5.41) is 9.72. The van der Waals surface area contributed by atoms with E-state index in [0.29, 0.717) is 12.1 Å². The lowest BCUT2D eigenvalue weighted by molar-refractivity contribution is -0.135. The van der Waals surface area contributed by atoms with E-state index in [1.807, 2.05) is 19.1 Å². The fourth-order valence-corrected chi connectivity index (χ4v) is 4.61. The van der Waals surface area contributed by atoms with Crippen LogP contribution in [0.2, 0.25) is 0 Å². The summed E-state index contributed by atoms with van der Waals surface area (Å²) >= 11 is 0. The summed E-state index contributed by atoms with van der Waals surface area (Å²) < 4.78 is 26.7. The highest BCUT2D eigenvalue weighted by atomic mass is 19.1. The van der Waals surface area contributed by atoms with Gasteiger partial charge in [0.2, 0.25) is 5.91 Å². The van der Waals surface area contributed by atoms with Gasteiger partial charge in [-0.3, -0.25) is 4.79 Å². The van der Waals surface area contributed by atoms with Crippen molar-refractivity contribution in [1.29, 1.82) is 0 Å². The first kappa shape index (κ1) is 21.0. The maximum Gasteiger partial charge on any atom is 0.233 e. The largest absolute Gasteiger partial charge is 0.508 e. The Labute approximate surface area is 181 Å². The van der Waals surface area contributed by atoms with Crippen molar-refractivity contribution in [3.05, 3.63) is 95.6 Å². The third-order valence-electron chi connectivity index (χ3n) is 6.53. The molecule has 0 aliphatic carbocycles. The molecule has 3 aromatic carbocycles. The van der Waals surface area contributed by atoms with Gasteiger partial charge in [0.05, 0.1) is 11.5 Å². The molecule has 1 fully saturated rings. The topological polar surface area (TPSA) is 40.5 Å². The molecule has 0 bridgehead atoms. The minimum Gasteiger partial charge on any atom is -0.508 e. The summed E-state index contributed by atoms with van der Waals surface area (Å²) in [5.41, 5.74) is 1.97. The van der Waals surface area contributed by atoms with E-state index >= 15 is 0 Å². The number of hydrogen-bond donors (Lipinski definition) is 1. The predicted octanol–water partition coefficient (Wildman–Crippen LogP) is 6.13. The van der Waals surface area contributed by atoms with Gasteiger partial charge in [0.1, 0.15) is 17.4 Å². The lowest BCUT2D eigenvalue weighted by Gasteiger charge is -2.56. The lowest BCUT2D eigenvalue weighted by Crippen LogP contribution is -2.67. The average Bonchev–Trinajstić information content (AvgIpc) is 2.76. The molecule has 160 valence electrons. The second-order valence-corrected chi connectivity index (χ2v) is 8.43. The van der Waals surface area contributed by atoms with Gasteiger partial charge in [-0.2, -0.15) is 0 Å². The first-order valence-electron chi connectivity index (χ1n) is 10.5. The van der Waals surface area contributed by atoms with Gasteiger partial charge in [-0.15, -0.1) is 0 Å². The number of anilines is 1. The number of hydrogen-bond acceptors (Lipinski definition) is 2. The molecule has 1 saturated heterocycles. The third-order valence-corrected chi connectivity index (χ3v) is 6.53. The molecular weight excluding hydrogens is 396 g/mol. The van der Waals surface area contributed by atoms with Crippen LogP contribution in [0.1, 0.15) is 43.7 Å². The third kappa shape index (κ3) is 3.80. The molecule has 1 amide bonds. The molecule has 3 nitrogen and oxygen atoms in total. The maximum absolute atomic E-state index is 13.4. The number of rotatable bonds is 6. The molecule has 0 spiro atoms. The van der Waals surface area contributed by atoms with E-state index in [-0.39, 0.29) is 35.1 Å². The number of benzene rings is 3. The smallest absolute Gasteiger partial charge is 0.233 e. The summed E-state index contributed by atoms with van der Waals surface area (Å²) in [7, 11) is 0. The van der Waals surface area contributed by atoms with Crippen molar-refractivity contribution >= 4 is 11.6 Å². The van der Waals surface area contributed by atoms with Gasteiger partial charge in [-0.1, -0.05) is 31.2 Å². The fraction of sp³-hybridized carbons (Fsp3) is 0.269. The Morgan fingerprint density at radius 3 is 2.06 bits per heavy atom. The molecule has 5 heteroatoms. The zero-order valence-corrected chi connectivity index (χ0v) is 17.6. The van der Waals surface area contributed by atoms with Crippen molar-refractivity contribution in [1.82, 2.24) is 0 Å². The van der Waals surface area contributed by atoms with Crippen molar-refractivity contribution in [2.24, 2.45) is 5.92 Å². The van der Waals surface area contributed by atoms with Crippen molar-refractivity contribution in [3.8, 4) is 5.75 Å². The highest BCUT2D eigenvalue weighted by Crippen LogP contribution is 2.51. The minimum atomic E-state index is -0.620. The summed E-state index contributed by atoms with van der Waals surface area (Å²) in [6.45, 7) is 4.09. The SMILES string of the molecule is CC(CC[C@H]1C(=O)N(c2ccc(F)cc2)C1(C)c1ccc(O)cc1)c1ccc(F)cc1. The molecule has 0 aromatic heterocycles. The molecule has 3 aromatic rings. The molecule has 4 rings (SSSR count). The van der Waals surface area contributed by atoms with E-state index in [4.69, 9.17) is 0 Å². The first-order valence-corrected chi connectivity index (χ1v) is 10.5. The number of amides is 1. The predicted molar refractivity (Wildman–Crippen MR) is 117 cm³/mol. The van der Waals surface area contributed by atoms with Crippen LogP contribution in [0.3, 0.4) is 0 Å². The number of halogens is 2. The maximum atomic E-state index is 13.4. The van der Waals surface area contributed by atoms with Gasteiger partial charge in [0.25, 0.3) is 0 Å². The second kappa shape index (κ2) is 8.14. The molecule has 1 aliphatic heterocycles. The summed E-state index contributed by atoms with van der Waals surface area (Å²) in [4.78, 5) is 14.9. The normalized spacial score (nSPS) is 21.6. The van der Waals surface area contributed by atoms with Crippen LogP contribution < -0.4 is 4.90 Å². The lowest BCUT2D eigenvalue weighted by atomic mass is 9.67. The summed E-state index contributed by atoms with van der Waals surface area (Å²) in [6, 6.07) is 19.3. The van der Waals surface area contributed by atoms with Crippen LogP contribution in [-0.2, 0) is 10.3 Å². The summed E-state index contributed by atoms with van der Waals surface area (Å²) in [5.74, 6) is -0.545. The molecule has 3 atom stereocenters. The van der Waals surface area contributed by atoms with Crippen LogP contribution >= 0.6 is 0 Å². The van der Waals surface area contributed by atoms with Gasteiger partial charge in [-0.05, 0) is 85.3 Å². The van der Waals surface area contributed by atoms with E-state index in [9.17, 15) is 18.7 Å². The van der Waals surface area contributed by atoms with E-state index in [2.05, 4.69) is 6.92 Å². The number of carbonyl (C=O) groups excluding carboxylic acids is 1. The van der Waals surface area contributed by atoms with Crippen molar-refractivity contribution in [2.75, 3.05) is 4.90 Å². The number of nitrogens with zero attached hydrogens (tertiary/aromatic N) is 1. The molecule has 0 radical (unpaired) electrons. The standard InChI is InChI=1S/C26H25F2NO2/c1-17(18-4-8-20(27)9-5-18)3-16-24-25(31)29(22-12-10-21(28)11-13-22)26(24,2)19-6-14-23(30)15-7-19/h4-15,17,24,30H,3,16H2,1-2H3/t17?,24-,26?/m0/s1. The highest BCUT2D eigenvalue weighted by molar-refractivity contribution is 6.05. The molecule has 1 N–H and O–H groups in total. The van der Waals surface area contributed by atoms with E-state index in [1.54, 1.807) is 41.3 Å². The van der Waals surface area contributed by atoms with E-state index < -0.39 is 5.54 Å². The fourth-order valence-electron chi connectivity index (χ4n) is 4.61. The highest BCUT2D eigenvalue weighted by Gasteiger charge is 2.58. The Bertz CT molecular complexity index is 1060. The number of β-lactam (4-membered cyclic amide) rings is 1. The second-order valence-electron chi connectivity index (χ2n) is 8.43. The average molecular weight is 421 g/mol. The van der Waals surface area contributed by atoms with Crippen LogP contribution in [-0.4, -0.2) is 11.0 Å². The Balaban J connectivity index is 1.61. The molecule has 0 saturated carbocycles. The van der Waals surface area contributed by atoms with Gasteiger partial charge >= 0.3 is 0 Å². The van der Waals surface area contributed by atoms with Crippen LogP contribution in [0.4, 0.5) is 14.5 Å². The van der Waals surface area contributed by atoms with Crippen molar-refractivity contribution < 1.29 is 18.7 Å². The Hall–Kier alpha value is -3.21. The van der Waals surface area contributed by atoms with Crippen molar-refractivity contribution in [2.45, 2.75) is 38.1 Å². The molecule has 1 heterocycles. The van der Waals surface area contributed by atoms with E-state index in [1.165, 1.54) is 24.3 Å². The van der Waals surface area contributed by atoms with Crippen LogP contribution in [0.15, 0.2) is 72.8 Å².